The fraction of sp³-hybridized carbons (Fsp3) is 0.941. The van der Waals surface area contributed by atoms with Crippen molar-refractivity contribution < 1.29 is 0 Å². The van der Waals surface area contributed by atoms with E-state index < -0.39 is 0 Å². The van der Waals surface area contributed by atoms with Gasteiger partial charge in [-0.25, -0.2) is 10.8 Å². The van der Waals surface area contributed by atoms with E-state index in [1.807, 2.05) is 0 Å². The summed E-state index contributed by atoms with van der Waals surface area (Å²) in [5, 5.41) is 0. The van der Waals surface area contributed by atoms with E-state index in [4.69, 9.17) is 10.8 Å². The topological polar surface area (TPSA) is 53.6 Å². The quantitative estimate of drug-likeness (QED) is 0.338. The normalized spacial score (nSPS) is 26.6. The SMILES string of the molecule is CC(C)(C)C1CCCN(C(=NC2CCCCC2)NN)CC1. The number of likely N-dealkylation sites (tertiary alicyclic amines) is 1. The number of rotatable bonds is 1. The van der Waals surface area contributed by atoms with Crippen molar-refractivity contribution in [3.8, 4) is 0 Å². The molecule has 122 valence electrons. The Morgan fingerprint density at radius 3 is 2.33 bits per heavy atom. The number of guanidine groups is 1. The summed E-state index contributed by atoms with van der Waals surface area (Å²) >= 11 is 0. The van der Waals surface area contributed by atoms with Crippen molar-refractivity contribution in [1.29, 1.82) is 0 Å². The van der Waals surface area contributed by atoms with Gasteiger partial charge in [-0.15, -0.1) is 0 Å². The lowest BCUT2D eigenvalue weighted by Gasteiger charge is -2.30. The Balaban J connectivity index is 1.96. The summed E-state index contributed by atoms with van der Waals surface area (Å²) in [7, 11) is 0. The molecule has 0 aromatic rings. The largest absolute Gasteiger partial charge is 0.342 e. The number of hydrazine groups is 1. The molecule has 21 heavy (non-hydrogen) atoms. The van der Waals surface area contributed by atoms with Crippen molar-refractivity contribution in [3.05, 3.63) is 0 Å². The molecule has 0 aromatic heterocycles. The van der Waals surface area contributed by atoms with Crippen LogP contribution in [-0.2, 0) is 0 Å². The average Bonchev–Trinajstić information content (AvgIpc) is 2.71. The third kappa shape index (κ3) is 4.87. The number of aliphatic imine (C=N–C) groups is 1. The first-order valence-corrected chi connectivity index (χ1v) is 8.80. The number of nitrogens with zero attached hydrogens (tertiary/aromatic N) is 2. The smallest absolute Gasteiger partial charge is 0.208 e. The zero-order valence-corrected chi connectivity index (χ0v) is 14.2. The van der Waals surface area contributed by atoms with E-state index in [0.29, 0.717) is 11.5 Å². The van der Waals surface area contributed by atoms with Crippen LogP contribution in [0.3, 0.4) is 0 Å². The Labute approximate surface area is 130 Å². The lowest BCUT2D eigenvalue weighted by atomic mass is 9.77. The molecule has 4 nitrogen and oxygen atoms in total. The van der Waals surface area contributed by atoms with Gasteiger partial charge in [-0.1, -0.05) is 40.0 Å². The third-order valence-electron chi connectivity index (χ3n) is 5.26. The maximum atomic E-state index is 5.77. The lowest BCUT2D eigenvalue weighted by Crippen LogP contribution is -2.46. The summed E-state index contributed by atoms with van der Waals surface area (Å²) in [5.41, 5.74) is 3.29. The number of hydrogen-bond acceptors (Lipinski definition) is 2. The molecular weight excluding hydrogens is 260 g/mol. The highest BCUT2D eigenvalue weighted by molar-refractivity contribution is 5.79. The maximum Gasteiger partial charge on any atom is 0.208 e. The van der Waals surface area contributed by atoms with Gasteiger partial charge in [-0.3, -0.25) is 5.43 Å². The first kappa shape index (κ1) is 16.6. The first-order chi connectivity index (χ1) is 10.0. The molecule has 4 heteroatoms. The monoisotopic (exact) mass is 294 g/mol. The Morgan fingerprint density at radius 2 is 1.71 bits per heavy atom. The van der Waals surface area contributed by atoms with Gasteiger partial charge >= 0.3 is 0 Å². The minimum atomic E-state index is 0.410. The molecule has 1 saturated carbocycles. The highest BCUT2D eigenvalue weighted by atomic mass is 15.4. The molecule has 2 fully saturated rings. The molecule has 2 aliphatic rings. The van der Waals surface area contributed by atoms with E-state index in [9.17, 15) is 0 Å². The first-order valence-electron chi connectivity index (χ1n) is 8.80. The molecule has 0 spiro atoms. The molecule has 1 atom stereocenters. The van der Waals surface area contributed by atoms with E-state index in [1.165, 1.54) is 51.4 Å². The molecular formula is C17H34N4. The van der Waals surface area contributed by atoms with Crippen LogP contribution in [0, 0.1) is 11.3 Å². The second-order valence-corrected chi connectivity index (χ2v) is 7.87. The standard InChI is InChI=1S/C17H34N4/c1-17(2,3)14-8-7-12-21(13-11-14)16(20-18)19-15-9-5-4-6-10-15/h14-15H,4-13,18H2,1-3H3,(H,19,20). The molecule has 0 radical (unpaired) electrons. The number of hydrogen-bond donors (Lipinski definition) is 2. The highest BCUT2D eigenvalue weighted by Crippen LogP contribution is 2.34. The van der Waals surface area contributed by atoms with Gasteiger partial charge in [-0.05, 0) is 43.4 Å². The minimum absolute atomic E-state index is 0.410. The van der Waals surface area contributed by atoms with E-state index in [0.717, 1.165) is 25.0 Å². The molecule has 3 N–H and O–H groups in total. The van der Waals surface area contributed by atoms with Crippen LogP contribution >= 0.6 is 0 Å². The summed E-state index contributed by atoms with van der Waals surface area (Å²) in [6.07, 6.45) is 10.3. The lowest BCUT2D eigenvalue weighted by molar-refractivity contribution is 0.216. The number of nitrogens with two attached hydrogens (primary N) is 1. The van der Waals surface area contributed by atoms with Crippen molar-refractivity contribution in [2.75, 3.05) is 13.1 Å². The van der Waals surface area contributed by atoms with Crippen LogP contribution in [0.1, 0.15) is 72.1 Å². The van der Waals surface area contributed by atoms with E-state index >= 15 is 0 Å². The van der Waals surface area contributed by atoms with Crippen molar-refractivity contribution >= 4 is 5.96 Å². The van der Waals surface area contributed by atoms with Crippen molar-refractivity contribution in [3.63, 3.8) is 0 Å². The van der Waals surface area contributed by atoms with Crippen LogP contribution in [0.4, 0.5) is 0 Å². The van der Waals surface area contributed by atoms with Crippen molar-refractivity contribution in [2.24, 2.45) is 22.2 Å². The van der Waals surface area contributed by atoms with Gasteiger partial charge < -0.3 is 4.90 Å². The van der Waals surface area contributed by atoms with Crippen LogP contribution in [0.25, 0.3) is 0 Å². The molecule has 1 saturated heterocycles. The summed E-state index contributed by atoms with van der Waals surface area (Å²) in [4.78, 5) is 7.29. The molecule has 1 aliphatic carbocycles. The molecule has 2 rings (SSSR count). The van der Waals surface area contributed by atoms with E-state index in [1.54, 1.807) is 0 Å². The van der Waals surface area contributed by atoms with Gasteiger partial charge in [0.25, 0.3) is 0 Å². The minimum Gasteiger partial charge on any atom is -0.342 e. The molecule has 0 aromatic carbocycles. The second kappa shape index (κ2) is 7.48. The maximum absolute atomic E-state index is 5.77. The average molecular weight is 294 g/mol. The van der Waals surface area contributed by atoms with Gasteiger partial charge in [-0.2, -0.15) is 0 Å². The predicted octanol–water partition coefficient (Wildman–Crippen LogP) is 3.29. The zero-order valence-electron chi connectivity index (χ0n) is 14.2. The second-order valence-electron chi connectivity index (χ2n) is 7.87. The van der Waals surface area contributed by atoms with Crippen molar-refractivity contribution in [1.82, 2.24) is 10.3 Å². The van der Waals surface area contributed by atoms with Crippen LogP contribution in [-0.4, -0.2) is 30.0 Å². The Morgan fingerprint density at radius 1 is 1.00 bits per heavy atom. The summed E-state index contributed by atoms with van der Waals surface area (Å²) < 4.78 is 0. The van der Waals surface area contributed by atoms with Crippen molar-refractivity contribution in [2.45, 2.75) is 78.2 Å². The Hall–Kier alpha value is -0.770. The van der Waals surface area contributed by atoms with E-state index in [-0.39, 0.29) is 0 Å². The van der Waals surface area contributed by atoms with Gasteiger partial charge in [0.15, 0.2) is 0 Å². The summed E-state index contributed by atoms with van der Waals surface area (Å²) in [6.45, 7) is 9.27. The Kier molecular flexibility index (Phi) is 5.91. The predicted molar refractivity (Wildman–Crippen MR) is 90.0 cm³/mol. The zero-order chi connectivity index (χ0) is 15.3. The summed E-state index contributed by atoms with van der Waals surface area (Å²) in [5.74, 6) is 7.50. The molecule has 1 heterocycles. The molecule has 1 unspecified atom stereocenters. The van der Waals surface area contributed by atoms with Crippen LogP contribution in [0.2, 0.25) is 0 Å². The molecule has 0 amide bonds. The van der Waals surface area contributed by atoms with Crippen LogP contribution in [0.15, 0.2) is 4.99 Å². The van der Waals surface area contributed by atoms with Crippen LogP contribution < -0.4 is 11.3 Å². The van der Waals surface area contributed by atoms with Gasteiger partial charge in [0, 0.05) is 13.1 Å². The van der Waals surface area contributed by atoms with Gasteiger partial charge in [0.05, 0.1) is 6.04 Å². The fourth-order valence-electron chi connectivity index (χ4n) is 3.77. The van der Waals surface area contributed by atoms with Gasteiger partial charge in [0.2, 0.25) is 5.96 Å². The highest BCUT2D eigenvalue weighted by Gasteiger charge is 2.28. The summed E-state index contributed by atoms with van der Waals surface area (Å²) in [6, 6.07) is 0.478. The molecule has 0 bridgehead atoms. The fourth-order valence-corrected chi connectivity index (χ4v) is 3.77. The van der Waals surface area contributed by atoms with E-state index in [2.05, 4.69) is 31.1 Å². The van der Waals surface area contributed by atoms with Crippen LogP contribution in [0.5, 0.6) is 0 Å². The molecule has 1 aliphatic heterocycles. The third-order valence-corrected chi connectivity index (χ3v) is 5.26. The van der Waals surface area contributed by atoms with Gasteiger partial charge in [0.1, 0.15) is 0 Å². The number of nitrogens with one attached hydrogen (secondary N) is 1. The Bertz CT molecular complexity index is 339.